The number of hydrogen-bond donors (Lipinski definition) is 2. The summed E-state index contributed by atoms with van der Waals surface area (Å²) < 4.78 is 10.5. The van der Waals surface area contributed by atoms with Crippen LogP contribution >= 0.6 is 23.8 Å². The zero-order valence-corrected chi connectivity index (χ0v) is 15.2. The van der Waals surface area contributed by atoms with Crippen molar-refractivity contribution in [2.45, 2.75) is 6.92 Å². The van der Waals surface area contributed by atoms with E-state index in [1.54, 1.807) is 26.4 Å². The van der Waals surface area contributed by atoms with Gasteiger partial charge in [-0.1, -0.05) is 29.8 Å². The third kappa shape index (κ3) is 4.59. The van der Waals surface area contributed by atoms with E-state index < -0.39 is 0 Å². The molecule has 0 atom stereocenters. The third-order valence-corrected chi connectivity index (χ3v) is 3.75. The van der Waals surface area contributed by atoms with Gasteiger partial charge in [-0.05, 0) is 37.3 Å². The number of rotatable bonds is 5. The van der Waals surface area contributed by atoms with Crippen molar-refractivity contribution < 1.29 is 9.47 Å². The fourth-order valence-electron chi connectivity index (χ4n) is 2.02. The first kappa shape index (κ1) is 18.0. The van der Waals surface area contributed by atoms with E-state index in [1.165, 1.54) is 0 Å². The number of ether oxygens (including phenoxy) is 2. The standard InChI is InChI=1S/C17H18ClN3O2S/c1-11(13-6-4-5-7-14(13)18)20-21-17(24)19-12-8-9-15(22-2)16(10-12)23-3/h4-10H,1-3H3,(H2,19,21,24)/b20-11-. The van der Waals surface area contributed by atoms with Gasteiger partial charge in [-0.25, -0.2) is 0 Å². The summed E-state index contributed by atoms with van der Waals surface area (Å²) in [5.74, 6) is 1.26. The van der Waals surface area contributed by atoms with Crippen molar-refractivity contribution in [1.29, 1.82) is 0 Å². The molecule has 5 nitrogen and oxygen atoms in total. The number of halogens is 1. The number of anilines is 1. The van der Waals surface area contributed by atoms with E-state index in [0.717, 1.165) is 17.0 Å². The topological polar surface area (TPSA) is 54.9 Å². The van der Waals surface area contributed by atoms with Gasteiger partial charge in [0.2, 0.25) is 0 Å². The van der Waals surface area contributed by atoms with Gasteiger partial charge in [0.05, 0.1) is 19.9 Å². The van der Waals surface area contributed by atoms with Crippen LogP contribution in [0.25, 0.3) is 0 Å². The molecule has 0 aliphatic rings. The van der Waals surface area contributed by atoms with E-state index >= 15 is 0 Å². The molecular weight excluding hydrogens is 346 g/mol. The number of hydrazone groups is 1. The first-order valence-corrected chi connectivity index (χ1v) is 7.92. The van der Waals surface area contributed by atoms with Crippen molar-refractivity contribution in [2.24, 2.45) is 5.10 Å². The summed E-state index contributed by atoms with van der Waals surface area (Å²) >= 11 is 11.4. The number of hydrogen-bond acceptors (Lipinski definition) is 4. The Morgan fingerprint density at radius 3 is 2.46 bits per heavy atom. The van der Waals surface area contributed by atoms with Crippen molar-refractivity contribution in [3.8, 4) is 11.5 Å². The number of nitrogens with zero attached hydrogens (tertiary/aromatic N) is 1. The molecule has 0 aromatic heterocycles. The zero-order valence-electron chi connectivity index (χ0n) is 13.6. The van der Waals surface area contributed by atoms with Crippen LogP contribution in [0.15, 0.2) is 47.6 Å². The molecule has 0 heterocycles. The second-order valence-corrected chi connectivity index (χ2v) is 5.63. The van der Waals surface area contributed by atoms with E-state index in [-0.39, 0.29) is 0 Å². The minimum absolute atomic E-state index is 0.355. The fourth-order valence-corrected chi connectivity index (χ4v) is 2.46. The van der Waals surface area contributed by atoms with Gasteiger partial charge in [0.15, 0.2) is 16.6 Å². The summed E-state index contributed by atoms with van der Waals surface area (Å²) in [6.07, 6.45) is 0. The van der Waals surface area contributed by atoms with Crippen LogP contribution in [-0.2, 0) is 0 Å². The van der Waals surface area contributed by atoms with Crippen molar-refractivity contribution in [3.05, 3.63) is 53.1 Å². The van der Waals surface area contributed by atoms with Crippen molar-refractivity contribution in [2.75, 3.05) is 19.5 Å². The average molecular weight is 364 g/mol. The van der Waals surface area contributed by atoms with Gasteiger partial charge in [0, 0.05) is 22.3 Å². The summed E-state index contributed by atoms with van der Waals surface area (Å²) in [5, 5.41) is 8.28. The number of thiocarbonyl (C=S) groups is 1. The molecule has 7 heteroatoms. The van der Waals surface area contributed by atoms with Crippen molar-refractivity contribution in [1.82, 2.24) is 5.43 Å². The zero-order chi connectivity index (χ0) is 17.5. The van der Waals surface area contributed by atoms with Gasteiger partial charge in [-0.3, -0.25) is 5.43 Å². The molecule has 2 N–H and O–H groups in total. The lowest BCUT2D eigenvalue weighted by Crippen LogP contribution is -2.25. The third-order valence-electron chi connectivity index (χ3n) is 3.23. The first-order chi connectivity index (χ1) is 11.5. The Labute approximate surface area is 151 Å². The first-order valence-electron chi connectivity index (χ1n) is 7.13. The van der Waals surface area contributed by atoms with Gasteiger partial charge in [-0.15, -0.1) is 0 Å². The maximum absolute atomic E-state index is 6.14. The Morgan fingerprint density at radius 2 is 1.79 bits per heavy atom. The maximum Gasteiger partial charge on any atom is 0.191 e. The minimum Gasteiger partial charge on any atom is -0.493 e. The highest BCUT2D eigenvalue weighted by Gasteiger charge is 2.06. The molecule has 2 aromatic rings. The Morgan fingerprint density at radius 1 is 1.08 bits per heavy atom. The van der Waals surface area contributed by atoms with E-state index in [9.17, 15) is 0 Å². The van der Waals surface area contributed by atoms with Gasteiger partial charge >= 0.3 is 0 Å². The highest BCUT2D eigenvalue weighted by molar-refractivity contribution is 7.80. The Bertz CT molecular complexity index is 765. The fraction of sp³-hybridized carbons (Fsp3) is 0.176. The van der Waals surface area contributed by atoms with Crippen molar-refractivity contribution in [3.63, 3.8) is 0 Å². The quantitative estimate of drug-likeness (QED) is 0.476. The van der Waals surface area contributed by atoms with Crippen molar-refractivity contribution >= 4 is 40.3 Å². The van der Waals surface area contributed by atoms with Crippen LogP contribution in [0.1, 0.15) is 12.5 Å². The number of benzene rings is 2. The van der Waals surface area contributed by atoms with Gasteiger partial charge in [0.25, 0.3) is 0 Å². The van der Waals surface area contributed by atoms with E-state index in [0.29, 0.717) is 21.6 Å². The van der Waals surface area contributed by atoms with Crippen LogP contribution in [0.5, 0.6) is 11.5 Å². The van der Waals surface area contributed by atoms with Gasteiger partial charge in [-0.2, -0.15) is 5.10 Å². The molecule has 0 radical (unpaired) electrons. The summed E-state index contributed by atoms with van der Waals surface area (Å²) in [4.78, 5) is 0. The second kappa shape index (κ2) is 8.52. The van der Waals surface area contributed by atoms with Crippen LogP contribution in [0.2, 0.25) is 5.02 Å². The highest BCUT2D eigenvalue weighted by atomic mass is 35.5. The minimum atomic E-state index is 0.355. The monoisotopic (exact) mass is 363 g/mol. The van der Waals surface area contributed by atoms with Crippen LogP contribution < -0.4 is 20.2 Å². The Balaban J connectivity index is 2.03. The van der Waals surface area contributed by atoms with Crippen LogP contribution in [0, 0.1) is 0 Å². The largest absolute Gasteiger partial charge is 0.493 e. The maximum atomic E-state index is 6.14. The van der Waals surface area contributed by atoms with Crippen LogP contribution in [-0.4, -0.2) is 25.0 Å². The Hall–Kier alpha value is -2.31. The number of methoxy groups -OCH3 is 2. The summed E-state index contributed by atoms with van der Waals surface area (Å²) in [5.41, 5.74) is 5.14. The second-order valence-electron chi connectivity index (χ2n) is 4.81. The molecule has 0 unspecified atom stereocenters. The van der Waals surface area contributed by atoms with E-state index in [2.05, 4.69) is 15.8 Å². The average Bonchev–Trinajstić information content (AvgIpc) is 2.60. The van der Waals surface area contributed by atoms with Crippen LogP contribution in [0.3, 0.4) is 0 Å². The van der Waals surface area contributed by atoms with Gasteiger partial charge < -0.3 is 14.8 Å². The summed E-state index contributed by atoms with van der Waals surface area (Å²) in [6, 6.07) is 12.9. The predicted octanol–water partition coefficient (Wildman–Crippen LogP) is 4.07. The molecule has 2 rings (SSSR count). The molecule has 2 aromatic carbocycles. The molecular formula is C17H18ClN3O2S. The van der Waals surface area contributed by atoms with E-state index in [4.69, 9.17) is 33.3 Å². The predicted molar refractivity (Wildman–Crippen MR) is 103 cm³/mol. The van der Waals surface area contributed by atoms with Crippen LogP contribution in [0.4, 0.5) is 5.69 Å². The summed E-state index contributed by atoms with van der Waals surface area (Å²) in [7, 11) is 3.17. The number of nitrogens with one attached hydrogen (secondary N) is 2. The molecule has 24 heavy (non-hydrogen) atoms. The van der Waals surface area contributed by atoms with E-state index in [1.807, 2.05) is 37.3 Å². The summed E-state index contributed by atoms with van der Waals surface area (Å²) in [6.45, 7) is 1.85. The molecule has 0 aliphatic heterocycles. The lowest BCUT2D eigenvalue weighted by molar-refractivity contribution is 0.355. The molecule has 0 fully saturated rings. The lowest BCUT2D eigenvalue weighted by Gasteiger charge is -2.12. The van der Waals surface area contributed by atoms with Gasteiger partial charge in [0.1, 0.15) is 0 Å². The molecule has 126 valence electrons. The molecule has 0 aliphatic carbocycles. The Kier molecular flexibility index (Phi) is 6.40. The molecule has 0 bridgehead atoms. The normalized spacial score (nSPS) is 10.9. The smallest absolute Gasteiger partial charge is 0.191 e. The molecule has 0 saturated heterocycles. The molecule has 0 spiro atoms. The lowest BCUT2D eigenvalue weighted by atomic mass is 10.1. The highest BCUT2D eigenvalue weighted by Crippen LogP contribution is 2.29. The molecule has 0 saturated carbocycles. The SMILES string of the molecule is COc1ccc(NC(=S)N/N=C(/C)c2ccccc2Cl)cc1OC. The molecule has 0 amide bonds.